The second kappa shape index (κ2) is 3.98. The molecule has 0 unspecified atom stereocenters. The normalized spacial score (nSPS) is 32.7. The summed E-state index contributed by atoms with van der Waals surface area (Å²) in [6, 6.07) is 7.29. The number of rotatable bonds is 2. The molecule has 2 saturated carbocycles. The molecule has 0 amide bonds. The van der Waals surface area contributed by atoms with Crippen LogP contribution < -0.4 is 0 Å². The Balaban J connectivity index is 2.24. The predicted molar refractivity (Wildman–Crippen MR) is 76.9 cm³/mol. The lowest BCUT2D eigenvalue weighted by molar-refractivity contribution is 0.212. The minimum Gasteiger partial charge on any atom is -0.207 e. The van der Waals surface area contributed by atoms with Crippen molar-refractivity contribution in [2.45, 2.75) is 49.8 Å². The monoisotopic (exact) mass is 298 g/mol. The van der Waals surface area contributed by atoms with E-state index in [1.165, 1.54) is 12.8 Å². The molecule has 3 rings (SSSR count). The van der Waals surface area contributed by atoms with Crippen molar-refractivity contribution in [3.8, 4) is 0 Å². The van der Waals surface area contributed by atoms with Crippen LogP contribution >= 0.6 is 10.7 Å². The Morgan fingerprint density at radius 2 is 1.74 bits per heavy atom. The van der Waals surface area contributed by atoms with Crippen LogP contribution in [0.3, 0.4) is 0 Å². The molecule has 0 saturated heterocycles. The summed E-state index contributed by atoms with van der Waals surface area (Å²) in [5.74, 6) is 0.707. The molecule has 0 aliphatic heterocycles. The van der Waals surface area contributed by atoms with E-state index >= 15 is 0 Å². The van der Waals surface area contributed by atoms with Gasteiger partial charge in [0.05, 0.1) is 4.90 Å². The lowest BCUT2D eigenvalue weighted by Crippen LogP contribution is -2.35. The van der Waals surface area contributed by atoms with Gasteiger partial charge < -0.3 is 0 Å². The molecule has 4 heteroatoms. The van der Waals surface area contributed by atoms with Crippen molar-refractivity contribution in [3.63, 3.8) is 0 Å². The topological polar surface area (TPSA) is 34.1 Å². The molecule has 0 radical (unpaired) electrons. The van der Waals surface area contributed by atoms with E-state index < -0.39 is 9.05 Å². The maximum Gasteiger partial charge on any atom is 0.261 e. The van der Waals surface area contributed by atoms with Crippen LogP contribution in [0.1, 0.15) is 45.1 Å². The van der Waals surface area contributed by atoms with Gasteiger partial charge in [-0.3, -0.25) is 0 Å². The van der Waals surface area contributed by atoms with Crippen LogP contribution in [0.15, 0.2) is 29.2 Å². The quantitative estimate of drug-likeness (QED) is 0.771. The summed E-state index contributed by atoms with van der Waals surface area (Å²) < 4.78 is 23.7. The minimum absolute atomic E-state index is 0.0176. The van der Waals surface area contributed by atoms with E-state index in [0.29, 0.717) is 10.8 Å². The fourth-order valence-electron chi connectivity index (χ4n) is 4.56. The van der Waals surface area contributed by atoms with E-state index in [1.807, 2.05) is 12.1 Å². The Morgan fingerprint density at radius 1 is 1.16 bits per heavy atom. The Hall–Kier alpha value is -0.540. The van der Waals surface area contributed by atoms with Crippen LogP contribution in [-0.4, -0.2) is 8.42 Å². The lowest BCUT2D eigenvalue weighted by Gasteiger charge is -2.39. The highest BCUT2D eigenvalue weighted by Crippen LogP contribution is 2.67. The molecule has 104 valence electrons. The molecule has 19 heavy (non-hydrogen) atoms. The van der Waals surface area contributed by atoms with Gasteiger partial charge in [0.1, 0.15) is 0 Å². The number of fused-ring (bicyclic) bond motifs is 2. The molecular formula is C15H19ClO2S. The van der Waals surface area contributed by atoms with Gasteiger partial charge in [0, 0.05) is 16.1 Å². The van der Waals surface area contributed by atoms with Crippen LogP contribution in [0.5, 0.6) is 0 Å². The fraction of sp³-hybridized carbons (Fsp3) is 0.600. The van der Waals surface area contributed by atoms with Gasteiger partial charge in [-0.1, -0.05) is 32.0 Å². The second-order valence-electron chi connectivity index (χ2n) is 6.51. The molecule has 0 aromatic heterocycles. The van der Waals surface area contributed by atoms with Gasteiger partial charge in [-0.2, -0.15) is 0 Å². The first-order chi connectivity index (χ1) is 8.79. The van der Waals surface area contributed by atoms with Crippen molar-refractivity contribution in [1.82, 2.24) is 0 Å². The first-order valence-electron chi connectivity index (χ1n) is 6.83. The second-order valence-corrected chi connectivity index (χ2v) is 9.05. The van der Waals surface area contributed by atoms with Gasteiger partial charge in [-0.15, -0.1) is 0 Å². The van der Waals surface area contributed by atoms with Crippen LogP contribution in [0.4, 0.5) is 0 Å². The number of hydrogen-bond donors (Lipinski definition) is 0. The van der Waals surface area contributed by atoms with Crippen molar-refractivity contribution >= 4 is 19.7 Å². The smallest absolute Gasteiger partial charge is 0.207 e. The lowest BCUT2D eigenvalue weighted by atomic mass is 9.65. The summed E-state index contributed by atoms with van der Waals surface area (Å²) in [6.07, 6.45) is 4.55. The van der Waals surface area contributed by atoms with Gasteiger partial charge >= 0.3 is 0 Å². The van der Waals surface area contributed by atoms with E-state index in [4.69, 9.17) is 10.7 Å². The summed E-state index contributed by atoms with van der Waals surface area (Å²) in [5.41, 5.74) is 1.08. The summed E-state index contributed by atoms with van der Waals surface area (Å²) in [7, 11) is 1.96. The van der Waals surface area contributed by atoms with Gasteiger partial charge in [0.2, 0.25) is 0 Å². The predicted octanol–water partition coefficient (Wildman–Crippen LogP) is 4.08. The largest absolute Gasteiger partial charge is 0.261 e. The fourth-order valence-corrected chi connectivity index (χ4v) is 5.73. The molecule has 2 bridgehead atoms. The SMILES string of the molecule is CC1(C)C2CCC1(c1ccccc1S(=O)(=O)Cl)CC2. The molecule has 0 heterocycles. The molecule has 1 aromatic carbocycles. The number of benzene rings is 1. The average Bonchev–Trinajstić information content (AvgIpc) is 2.76. The summed E-state index contributed by atoms with van der Waals surface area (Å²) >= 11 is 0. The Kier molecular flexibility index (Phi) is 2.82. The van der Waals surface area contributed by atoms with E-state index in [9.17, 15) is 8.42 Å². The van der Waals surface area contributed by atoms with E-state index in [1.54, 1.807) is 12.1 Å². The first-order valence-corrected chi connectivity index (χ1v) is 9.14. The van der Waals surface area contributed by atoms with Gasteiger partial charge in [0.25, 0.3) is 9.05 Å². The van der Waals surface area contributed by atoms with Crippen LogP contribution in [0, 0.1) is 11.3 Å². The highest BCUT2D eigenvalue weighted by molar-refractivity contribution is 8.13. The zero-order chi connectivity index (χ0) is 13.9. The number of hydrogen-bond acceptors (Lipinski definition) is 2. The zero-order valence-electron chi connectivity index (χ0n) is 11.3. The molecule has 2 aliphatic carbocycles. The molecule has 2 fully saturated rings. The molecule has 0 spiro atoms. The van der Waals surface area contributed by atoms with E-state index in [2.05, 4.69) is 13.8 Å². The standard InChI is InChI=1S/C15H19ClO2S/c1-14(2)11-7-9-15(14,10-8-11)12-5-3-4-6-13(12)19(16,17)18/h3-6,11H,7-10H2,1-2H3. The van der Waals surface area contributed by atoms with E-state index in [-0.39, 0.29) is 10.8 Å². The Bertz CT molecular complexity index is 611. The maximum absolute atomic E-state index is 11.9. The van der Waals surface area contributed by atoms with Crippen molar-refractivity contribution < 1.29 is 8.42 Å². The maximum atomic E-state index is 11.9. The van der Waals surface area contributed by atoms with Crippen LogP contribution in [0.25, 0.3) is 0 Å². The van der Waals surface area contributed by atoms with Crippen molar-refractivity contribution in [3.05, 3.63) is 29.8 Å². The van der Waals surface area contributed by atoms with E-state index in [0.717, 1.165) is 18.4 Å². The van der Waals surface area contributed by atoms with Crippen molar-refractivity contribution in [1.29, 1.82) is 0 Å². The van der Waals surface area contributed by atoms with Gasteiger partial charge in [0.15, 0.2) is 0 Å². The van der Waals surface area contributed by atoms with Gasteiger partial charge in [-0.25, -0.2) is 8.42 Å². The zero-order valence-corrected chi connectivity index (χ0v) is 12.9. The summed E-state index contributed by atoms with van der Waals surface area (Å²) in [4.78, 5) is 0.312. The minimum atomic E-state index is -3.68. The highest BCUT2D eigenvalue weighted by Gasteiger charge is 2.60. The third-order valence-corrected chi connectivity index (χ3v) is 7.14. The van der Waals surface area contributed by atoms with Crippen LogP contribution in [-0.2, 0) is 14.5 Å². The van der Waals surface area contributed by atoms with Crippen LogP contribution in [0.2, 0.25) is 0 Å². The molecular weight excluding hydrogens is 280 g/mol. The Labute approximate surface area is 119 Å². The summed E-state index contributed by atoms with van der Waals surface area (Å²) in [5, 5.41) is 0. The Morgan fingerprint density at radius 3 is 2.21 bits per heavy atom. The molecule has 0 N–H and O–H groups in total. The molecule has 1 aromatic rings. The third kappa shape index (κ3) is 1.71. The third-order valence-electron chi connectivity index (χ3n) is 5.76. The van der Waals surface area contributed by atoms with Crippen molar-refractivity contribution in [2.75, 3.05) is 0 Å². The number of halogens is 1. The van der Waals surface area contributed by atoms with Gasteiger partial charge in [-0.05, 0) is 48.6 Å². The van der Waals surface area contributed by atoms with Crippen molar-refractivity contribution in [2.24, 2.45) is 11.3 Å². The summed E-state index contributed by atoms with van der Waals surface area (Å²) in [6.45, 7) is 4.57. The molecule has 2 aliphatic rings. The average molecular weight is 299 g/mol. The molecule has 0 atom stereocenters. The first kappa shape index (κ1) is 13.4. The molecule has 2 nitrogen and oxygen atoms in total. The highest BCUT2D eigenvalue weighted by atomic mass is 35.7.